The van der Waals surface area contributed by atoms with E-state index in [1.165, 1.54) is 19.3 Å². The molecule has 0 aromatic rings. The first-order chi connectivity index (χ1) is 19.4. The second kappa shape index (κ2) is 17.8. The lowest BCUT2D eigenvalue weighted by molar-refractivity contribution is -0.137. The summed E-state index contributed by atoms with van der Waals surface area (Å²) >= 11 is 0. The summed E-state index contributed by atoms with van der Waals surface area (Å²) in [5.74, 6) is -2.26. The number of ether oxygens (including phenoxy) is 1. The first kappa shape index (κ1) is 38.1. The summed E-state index contributed by atoms with van der Waals surface area (Å²) in [6.07, 6.45) is 2.73. The van der Waals surface area contributed by atoms with E-state index in [1.807, 2.05) is 55.4 Å². The van der Waals surface area contributed by atoms with Crippen LogP contribution < -0.4 is 11.1 Å². The van der Waals surface area contributed by atoms with Crippen molar-refractivity contribution < 1.29 is 43.7 Å². The number of carboxylic acid groups (broad SMARTS) is 2. The molecular weight excluding hydrogens is 544 g/mol. The van der Waals surface area contributed by atoms with Gasteiger partial charge in [0.2, 0.25) is 11.6 Å². The van der Waals surface area contributed by atoms with Crippen LogP contribution in [0.2, 0.25) is 0 Å². The number of nitrogens with one attached hydrogen (secondary N) is 1. The Balaban J connectivity index is 0.000000682. The highest BCUT2D eigenvalue weighted by atomic mass is 16.5. The van der Waals surface area contributed by atoms with Crippen LogP contribution in [0.1, 0.15) is 68.2 Å². The smallest absolute Gasteiger partial charge is 0.305 e. The van der Waals surface area contributed by atoms with Crippen LogP contribution >= 0.6 is 0 Å². The molecule has 0 bridgehead atoms. The van der Waals surface area contributed by atoms with Crippen LogP contribution in [-0.4, -0.2) is 65.5 Å². The molecule has 0 fully saturated rings. The molecule has 0 aliphatic heterocycles. The molecule has 5 N–H and O–H groups in total. The summed E-state index contributed by atoms with van der Waals surface area (Å²) in [4.78, 5) is 68.6. The molecule has 0 radical (unpaired) electrons. The molecule has 0 aromatic carbocycles. The second-order valence-corrected chi connectivity index (χ2v) is 10.9. The standard InChI is InChI=1S/C15H21NO4.C13H18O3.C3H7NO2/c1-8(2)10-7-11(17)14(16-6-5-12(18)19)13(9(3)4)15(10)20;1-7(2)9-6-10(14)13(16-5)11(8(3)4)12(9)15;4-2-1-3(5)6/h7-9,16H,5-6H2,1-4H3,(H,18,19);6-8H,1-5H3;1-2,4H2,(H,5,6). The van der Waals surface area contributed by atoms with Crippen molar-refractivity contribution in [3.05, 3.63) is 45.9 Å². The summed E-state index contributed by atoms with van der Waals surface area (Å²) in [7, 11) is 1.43. The maximum absolute atomic E-state index is 12.4. The fourth-order valence-electron chi connectivity index (χ4n) is 4.09. The topological polar surface area (TPSA) is 190 Å². The van der Waals surface area contributed by atoms with Crippen LogP contribution in [0.3, 0.4) is 0 Å². The molecule has 0 spiro atoms. The maximum Gasteiger partial charge on any atom is 0.305 e. The molecule has 42 heavy (non-hydrogen) atoms. The van der Waals surface area contributed by atoms with Gasteiger partial charge in [-0.1, -0.05) is 55.4 Å². The van der Waals surface area contributed by atoms with Gasteiger partial charge in [0.25, 0.3) is 0 Å². The zero-order valence-corrected chi connectivity index (χ0v) is 26.1. The van der Waals surface area contributed by atoms with Gasteiger partial charge in [-0.2, -0.15) is 0 Å². The molecule has 11 nitrogen and oxygen atoms in total. The Hall–Kier alpha value is -3.86. The summed E-state index contributed by atoms with van der Waals surface area (Å²) in [5.41, 5.74) is 7.14. The highest BCUT2D eigenvalue weighted by Gasteiger charge is 2.32. The zero-order valence-electron chi connectivity index (χ0n) is 26.1. The van der Waals surface area contributed by atoms with Crippen LogP contribution in [0, 0.1) is 23.7 Å². The van der Waals surface area contributed by atoms with E-state index >= 15 is 0 Å². The van der Waals surface area contributed by atoms with Gasteiger partial charge in [-0.05, 0) is 35.8 Å². The summed E-state index contributed by atoms with van der Waals surface area (Å²) < 4.78 is 5.04. The maximum atomic E-state index is 12.4. The van der Waals surface area contributed by atoms with Gasteiger partial charge in [-0.15, -0.1) is 0 Å². The van der Waals surface area contributed by atoms with Gasteiger partial charge >= 0.3 is 11.9 Å². The quantitative estimate of drug-likeness (QED) is 0.258. The Morgan fingerprint density at radius 2 is 1.17 bits per heavy atom. The molecule has 0 amide bonds. The Morgan fingerprint density at radius 1 is 0.738 bits per heavy atom. The molecule has 0 heterocycles. The minimum absolute atomic E-state index is 0.00569. The largest absolute Gasteiger partial charge is 0.492 e. The van der Waals surface area contributed by atoms with E-state index in [4.69, 9.17) is 20.7 Å². The van der Waals surface area contributed by atoms with E-state index < -0.39 is 11.9 Å². The number of Topliss-reactive ketones (excluding diaryl/α,β-unsaturated/α-hetero) is 2. The molecular formula is C31H46N2O9. The van der Waals surface area contributed by atoms with Crippen molar-refractivity contribution in [2.45, 2.75) is 68.2 Å². The van der Waals surface area contributed by atoms with E-state index in [1.54, 1.807) is 0 Å². The Kier molecular flexibility index (Phi) is 16.2. The highest BCUT2D eigenvalue weighted by Crippen LogP contribution is 2.29. The Bertz CT molecular complexity index is 1180. The summed E-state index contributed by atoms with van der Waals surface area (Å²) in [6.45, 7) is 15.4. The minimum atomic E-state index is -0.947. The van der Waals surface area contributed by atoms with Crippen LogP contribution in [-0.2, 0) is 33.5 Å². The van der Waals surface area contributed by atoms with Gasteiger partial charge in [0.05, 0.1) is 25.6 Å². The van der Waals surface area contributed by atoms with E-state index in [9.17, 15) is 28.8 Å². The third kappa shape index (κ3) is 11.2. The average molecular weight is 591 g/mol. The lowest BCUT2D eigenvalue weighted by Crippen LogP contribution is -2.32. The molecule has 234 valence electrons. The average Bonchev–Trinajstić information content (AvgIpc) is 2.86. The number of nitrogens with two attached hydrogens (primary N) is 1. The van der Waals surface area contributed by atoms with E-state index in [2.05, 4.69) is 5.32 Å². The Morgan fingerprint density at radius 3 is 1.50 bits per heavy atom. The second-order valence-electron chi connectivity index (χ2n) is 10.9. The van der Waals surface area contributed by atoms with Gasteiger partial charge < -0.3 is 26.0 Å². The van der Waals surface area contributed by atoms with E-state index in [-0.39, 0.29) is 84.2 Å². The van der Waals surface area contributed by atoms with Gasteiger partial charge in [0.1, 0.15) is 0 Å². The van der Waals surface area contributed by atoms with Gasteiger partial charge in [0.15, 0.2) is 17.3 Å². The van der Waals surface area contributed by atoms with Crippen molar-refractivity contribution in [2.75, 3.05) is 20.2 Å². The number of hydrogen-bond donors (Lipinski definition) is 4. The third-order valence-corrected chi connectivity index (χ3v) is 6.17. The number of carbonyl (C=O) groups excluding carboxylic acids is 4. The first-order valence-corrected chi connectivity index (χ1v) is 13.9. The monoisotopic (exact) mass is 590 g/mol. The lowest BCUT2D eigenvalue weighted by Gasteiger charge is -2.23. The van der Waals surface area contributed by atoms with E-state index in [0.717, 1.165) is 0 Å². The normalized spacial score (nSPS) is 15.4. The predicted molar refractivity (Wildman–Crippen MR) is 158 cm³/mol. The molecule has 2 aliphatic carbocycles. The van der Waals surface area contributed by atoms with Gasteiger partial charge in [-0.3, -0.25) is 28.8 Å². The minimum Gasteiger partial charge on any atom is -0.492 e. The van der Waals surface area contributed by atoms with Crippen LogP contribution in [0.5, 0.6) is 0 Å². The highest BCUT2D eigenvalue weighted by molar-refractivity contribution is 6.23. The van der Waals surface area contributed by atoms with Crippen LogP contribution in [0.15, 0.2) is 45.9 Å². The third-order valence-electron chi connectivity index (χ3n) is 6.17. The van der Waals surface area contributed by atoms with Crippen LogP contribution in [0.4, 0.5) is 0 Å². The van der Waals surface area contributed by atoms with E-state index in [0.29, 0.717) is 22.3 Å². The molecule has 0 unspecified atom stereocenters. The number of ketones is 4. The first-order valence-electron chi connectivity index (χ1n) is 13.9. The summed E-state index contributed by atoms with van der Waals surface area (Å²) in [6, 6.07) is 0. The number of carbonyl (C=O) groups is 6. The Labute approximate surface area is 247 Å². The summed E-state index contributed by atoms with van der Waals surface area (Å²) in [5, 5.41) is 19.3. The molecule has 2 rings (SSSR count). The molecule has 11 heteroatoms. The number of allylic oxidation sites excluding steroid dienone is 6. The SMILES string of the molecule is CC(C)C1=CC(=O)C(NCCC(=O)O)=C(C(C)C)C1=O.COC1=C(C(C)C)C(=O)C(C(C)C)=CC1=O.NCCC(=O)O. The predicted octanol–water partition coefficient (Wildman–Crippen LogP) is 3.39. The van der Waals surface area contributed by atoms with Crippen molar-refractivity contribution in [1.29, 1.82) is 0 Å². The van der Waals surface area contributed by atoms with Crippen molar-refractivity contribution in [3.8, 4) is 0 Å². The van der Waals surface area contributed by atoms with Crippen molar-refractivity contribution >= 4 is 35.1 Å². The van der Waals surface area contributed by atoms with Gasteiger partial charge in [-0.25, -0.2) is 0 Å². The lowest BCUT2D eigenvalue weighted by atomic mass is 9.82. The number of hydrogen-bond acceptors (Lipinski definition) is 9. The molecule has 0 saturated heterocycles. The fourth-order valence-corrected chi connectivity index (χ4v) is 4.09. The fraction of sp³-hybridized carbons (Fsp3) is 0.548. The zero-order chi connectivity index (χ0) is 32.9. The van der Waals surface area contributed by atoms with Gasteiger partial charge in [0, 0.05) is 35.4 Å². The van der Waals surface area contributed by atoms with Crippen molar-refractivity contribution in [3.63, 3.8) is 0 Å². The number of aliphatic carboxylic acids is 2. The number of carboxylic acids is 2. The molecule has 2 aliphatic rings. The molecule has 0 aromatic heterocycles. The number of methoxy groups -OCH3 is 1. The van der Waals surface area contributed by atoms with Crippen molar-refractivity contribution in [1.82, 2.24) is 5.32 Å². The molecule has 0 saturated carbocycles. The molecule has 0 atom stereocenters. The van der Waals surface area contributed by atoms with Crippen molar-refractivity contribution in [2.24, 2.45) is 29.4 Å². The number of rotatable bonds is 11. The van der Waals surface area contributed by atoms with Crippen LogP contribution in [0.25, 0.3) is 0 Å².